The fourth-order valence-electron chi connectivity index (χ4n) is 2.00. The van der Waals surface area contributed by atoms with Gasteiger partial charge in [0.1, 0.15) is 5.82 Å². The molecule has 0 saturated heterocycles. The first kappa shape index (κ1) is 9.71. The molecule has 0 radical (unpaired) electrons. The molecule has 1 heterocycles. The van der Waals surface area contributed by atoms with Crippen molar-refractivity contribution >= 4 is 17.4 Å². The highest BCUT2D eigenvalue weighted by Crippen LogP contribution is 2.41. The van der Waals surface area contributed by atoms with E-state index < -0.39 is 0 Å². The fraction of sp³-hybridized carbons (Fsp3) is 0.600. The SMILES string of the molecule is CC1(C)CC(Nc2ccnc(Cl)n2)C1. The number of hydrogen-bond donors (Lipinski definition) is 1. The minimum absolute atomic E-state index is 0.300. The van der Waals surface area contributed by atoms with E-state index in [1.165, 1.54) is 12.8 Å². The van der Waals surface area contributed by atoms with E-state index in [1.54, 1.807) is 6.20 Å². The van der Waals surface area contributed by atoms with Crippen LogP contribution in [0.2, 0.25) is 5.28 Å². The van der Waals surface area contributed by atoms with Gasteiger partial charge in [0.2, 0.25) is 5.28 Å². The number of hydrogen-bond acceptors (Lipinski definition) is 3. The Hall–Kier alpha value is -0.830. The number of halogens is 1. The third-order valence-electron chi connectivity index (χ3n) is 2.58. The van der Waals surface area contributed by atoms with E-state index in [2.05, 4.69) is 29.1 Å². The van der Waals surface area contributed by atoms with Gasteiger partial charge < -0.3 is 5.32 Å². The molecule has 0 bridgehead atoms. The number of rotatable bonds is 2. The van der Waals surface area contributed by atoms with Gasteiger partial charge in [-0.1, -0.05) is 13.8 Å². The van der Waals surface area contributed by atoms with E-state index in [9.17, 15) is 0 Å². The molecule has 0 spiro atoms. The molecule has 1 N–H and O–H groups in total. The highest BCUT2D eigenvalue weighted by molar-refractivity contribution is 6.28. The lowest BCUT2D eigenvalue weighted by molar-refractivity contribution is 0.167. The minimum atomic E-state index is 0.300. The highest BCUT2D eigenvalue weighted by Gasteiger charge is 2.35. The molecular weight excluding hydrogens is 198 g/mol. The second-order valence-corrected chi connectivity index (χ2v) is 4.96. The Labute approximate surface area is 88.9 Å². The lowest BCUT2D eigenvalue weighted by atomic mass is 9.68. The Bertz CT molecular complexity index is 330. The van der Waals surface area contributed by atoms with Crippen molar-refractivity contribution < 1.29 is 0 Å². The summed E-state index contributed by atoms with van der Waals surface area (Å²) in [7, 11) is 0. The van der Waals surface area contributed by atoms with Crippen LogP contribution >= 0.6 is 11.6 Å². The van der Waals surface area contributed by atoms with E-state index in [1.807, 2.05) is 6.07 Å². The molecule has 1 fully saturated rings. The zero-order valence-corrected chi connectivity index (χ0v) is 9.17. The second-order valence-electron chi connectivity index (χ2n) is 4.62. The summed E-state index contributed by atoms with van der Waals surface area (Å²) in [4.78, 5) is 7.92. The largest absolute Gasteiger partial charge is 0.367 e. The molecule has 76 valence electrons. The van der Waals surface area contributed by atoms with Gasteiger partial charge in [0, 0.05) is 12.2 Å². The quantitative estimate of drug-likeness (QED) is 0.765. The predicted octanol–water partition coefficient (Wildman–Crippen LogP) is 2.73. The van der Waals surface area contributed by atoms with Crippen molar-refractivity contribution in [2.45, 2.75) is 32.7 Å². The zero-order chi connectivity index (χ0) is 10.2. The van der Waals surface area contributed by atoms with Crippen LogP contribution in [0.25, 0.3) is 0 Å². The van der Waals surface area contributed by atoms with Crippen LogP contribution < -0.4 is 5.32 Å². The normalized spacial score (nSPS) is 20.2. The van der Waals surface area contributed by atoms with Crippen molar-refractivity contribution in [1.29, 1.82) is 0 Å². The smallest absolute Gasteiger partial charge is 0.224 e. The first-order chi connectivity index (χ1) is 6.55. The average Bonchev–Trinajstić information content (AvgIpc) is 2.00. The molecule has 1 aromatic heterocycles. The Morgan fingerprint density at radius 3 is 2.79 bits per heavy atom. The molecule has 0 atom stereocenters. The van der Waals surface area contributed by atoms with E-state index in [-0.39, 0.29) is 0 Å². The molecule has 1 aliphatic rings. The number of nitrogens with zero attached hydrogens (tertiary/aromatic N) is 2. The van der Waals surface area contributed by atoms with Crippen LogP contribution in [-0.2, 0) is 0 Å². The summed E-state index contributed by atoms with van der Waals surface area (Å²) in [6.45, 7) is 4.55. The van der Waals surface area contributed by atoms with Gasteiger partial charge in [-0.25, -0.2) is 9.97 Å². The van der Waals surface area contributed by atoms with Gasteiger partial charge in [0.05, 0.1) is 0 Å². The van der Waals surface area contributed by atoms with E-state index >= 15 is 0 Å². The molecule has 0 amide bonds. The van der Waals surface area contributed by atoms with Crippen molar-refractivity contribution in [3.63, 3.8) is 0 Å². The Morgan fingerprint density at radius 1 is 1.50 bits per heavy atom. The molecule has 1 aliphatic carbocycles. The molecule has 0 aromatic carbocycles. The van der Waals surface area contributed by atoms with Crippen LogP contribution in [0.1, 0.15) is 26.7 Å². The summed E-state index contributed by atoms with van der Waals surface area (Å²) < 4.78 is 0. The maximum absolute atomic E-state index is 5.68. The third kappa shape index (κ3) is 2.15. The molecular formula is C10H14ClN3. The lowest BCUT2D eigenvalue weighted by Crippen LogP contribution is -2.41. The Balaban J connectivity index is 1.93. The van der Waals surface area contributed by atoms with Crippen molar-refractivity contribution in [3.05, 3.63) is 17.5 Å². The van der Waals surface area contributed by atoms with Crippen LogP contribution in [0.15, 0.2) is 12.3 Å². The molecule has 2 rings (SSSR count). The maximum atomic E-state index is 5.68. The third-order valence-corrected chi connectivity index (χ3v) is 2.76. The van der Waals surface area contributed by atoms with Crippen molar-refractivity contribution in [2.24, 2.45) is 5.41 Å². The van der Waals surface area contributed by atoms with E-state index in [0.717, 1.165) is 5.82 Å². The van der Waals surface area contributed by atoms with Gasteiger partial charge in [0.25, 0.3) is 0 Å². The first-order valence-electron chi connectivity index (χ1n) is 4.80. The van der Waals surface area contributed by atoms with Crippen LogP contribution in [0.5, 0.6) is 0 Å². The van der Waals surface area contributed by atoms with Crippen LogP contribution in [0.3, 0.4) is 0 Å². The second kappa shape index (κ2) is 3.39. The van der Waals surface area contributed by atoms with Crippen LogP contribution in [0, 0.1) is 5.41 Å². The van der Waals surface area contributed by atoms with Crippen molar-refractivity contribution in [2.75, 3.05) is 5.32 Å². The Kier molecular flexibility index (Phi) is 2.35. The zero-order valence-electron chi connectivity index (χ0n) is 8.42. The summed E-state index contributed by atoms with van der Waals surface area (Å²) in [6.07, 6.45) is 4.05. The topological polar surface area (TPSA) is 37.8 Å². The lowest BCUT2D eigenvalue weighted by Gasteiger charge is -2.43. The van der Waals surface area contributed by atoms with Gasteiger partial charge in [-0.2, -0.15) is 0 Å². The number of anilines is 1. The average molecular weight is 212 g/mol. The molecule has 3 nitrogen and oxygen atoms in total. The minimum Gasteiger partial charge on any atom is -0.367 e. The molecule has 4 heteroatoms. The monoisotopic (exact) mass is 211 g/mol. The van der Waals surface area contributed by atoms with Crippen molar-refractivity contribution in [3.8, 4) is 0 Å². The van der Waals surface area contributed by atoms with Gasteiger partial charge in [-0.3, -0.25) is 0 Å². The molecule has 1 aromatic rings. The van der Waals surface area contributed by atoms with Crippen molar-refractivity contribution in [1.82, 2.24) is 9.97 Å². The van der Waals surface area contributed by atoms with E-state index in [0.29, 0.717) is 16.7 Å². The summed E-state index contributed by atoms with van der Waals surface area (Å²) in [5.41, 5.74) is 0.481. The molecule has 0 unspecified atom stereocenters. The Morgan fingerprint density at radius 2 is 2.21 bits per heavy atom. The van der Waals surface area contributed by atoms with Gasteiger partial charge in [-0.15, -0.1) is 0 Å². The number of aromatic nitrogens is 2. The standard InChI is InChI=1S/C10H14ClN3/c1-10(2)5-7(6-10)13-8-3-4-12-9(11)14-8/h3-4,7H,5-6H2,1-2H3,(H,12,13,14). The molecule has 1 saturated carbocycles. The fourth-order valence-corrected chi connectivity index (χ4v) is 2.15. The van der Waals surface area contributed by atoms with Gasteiger partial charge in [-0.05, 0) is 35.9 Å². The predicted molar refractivity (Wildman–Crippen MR) is 57.5 cm³/mol. The molecule has 0 aliphatic heterocycles. The number of nitrogens with one attached hydrogen (secondary N) is 1. The van der Waals surface area contributed by atoms with E-state index in [4.69, 9.17) is 11.6 Å². The summed E-state index contributed by atoms with van der Waals surface area (Å²) in [6, 6.07) is 2.38. The summed E-state index contributed by atoms with van der Waals surface area (Å²) in [5.74, 6) is 0.825. The van der Waals surface area contributed by atoms with Crippen LogP contribution in [0.4, 0.5) is 5.82 Å². The molecule has 14 heavy (non-hydrogen) atoms. The maximum Gasteiger partial charge on any atom is 0.224 e. The van der Waals surface area contributed by atoms with Gasteiger partial charge >= 0.3 is 0 Å². The van der Waals surface area contributed by atoms with Gasteiger partial charge in [0.15, 0.2) is 0 Å². The first-order valence-corrected chi connectivity index (χ1v) is 5.18. The highest BCUT2D eigenvalue weighted by atomic mass is 35.5. The summed E-state index contributed by atoms with van der Waals surface area (Å²) in [5, 5.41) is 3.64. The van der Waals surface area contributed by atoms with Crippen LogP contribution in [-0.4, -0.2) is 16.0 Å². The summed E-state index contributed by atoms with van der Waals surface area (Å²) >= 11 is 5.68.